The van der Waals surface area contributed by atoms with Gasteiger partial charge in [-0.05, 0) is 26.2 Å². The van der Waals surface area contributed by atoms with Gasteiger partial charge in [0.05, 0.1) is 12.2 Å². The van der Waals surface area contributed by atoms with Gasteiger partial charge in [-0.2, -0.15) is 0 Å². The predicted molar refractivity (Wildman–Crippen MR) is 123 cm³/mol. The van der Waals surface area contributed by atoms with E-state index in [1.807, 2.05) is 0 Å². The lowest BCUT2D eigenvalue weighted by molar-refractivity contribution is -0.261. The van der Waals surface area contributed by atoms with E-state index in [0.717, 1.165) is 25.7 Å². The van der Waals surface area contributed by atoms with Gasteiger partial charge >= 0.3 is 5.97 Å². The van der Waals surface area contributed by atoms with Crippen LogP contribution in [-0.2, 0) is 14.3 Å². The first-order valence-electron chi connectivity index (χ1n) is 12.5. The van der Waals surface area contributed by atoms with Gasteiger partial charge in [0.1, 0.15) is 6.10 Å². The van der Waals surface area contributed by atoms with Crippen LogP contribution in [0.5, 0.6) is 0 Å². The molecule has 1 rings (SSSR count). The summed E-state index contributed by atoms with van der Waals surface area (Å²) in [5, 5.41) is 28.0. The Morgan fingerprint density at radius 2 is 1.32 bits per heavy atom. The molecule has 0 aromatic carbocycles. The van der Waals surface area contributed by atoms with Crippen molar-refractivity contribution in [2.45, 2.75) is 134 Å². The quantitative estimate of drug-likeness (QED) is 0.184. The molecular weight excluding hydrogens is 396 g/mol. The summed E-state index contributed by atoms with van der Waals surface area (Å²) in [5.41, 5.74) is 0. The van der Waals surface area contributed by atoms with Crippen molar-refractivity contribution >= 4 is 5.97 Å². The number of aliphatic hydroxyl groups is 2. The number of carbonyl (C=O) groups is 1. The molecule has 1 saturated heterocycles. The van der Waals surface area contributed by atoms with Crippen LogP contribution >= 0.6 is 0 Å². The molecule has 0 saturated carbocycles. The predicted octanol–water partition coefficient (Wildman–Crippen LogP) is 5.35. The lowest BCUT2D eigenvalue weighted by atomic mass is 10.0. The molecule has 3 N–H and O–H groups in total. The zero-order valence-electron chi connectivity index (χ0n) is 19.6. The Morgan fingerprint density at radius 1 is 0.839 bits per heavy atom. The molecule has 0 amide bonds. The molecule has 31 heavy (non-hydrogen) atoms. The number of ether oxygens (including phenoxy) is 2. The van der Waals surface area contributed by atoms with Crippen LogP contribution in [0.1, 0.15) is 110 Å². The summed E-state index contributed by atoms with van der Waals surface area (Å²) in [7, 11) is 0. The molecule has 0 bridgehead atoms. The molecule has 1 heterocycles. The summed E-state index contributed by atoms with van der Waals surface area (Å²) in [6.07, 6.45) is 19.4. The molecule has 6 nitrogen and oxygen atoms in total. The van der Waals surface area contributed by atoms with Crippen LogP contribution in [0.25, 0.3) is 0 Å². The summed E-state index contributed by atoms with van der Waals surface area (Å²) in [5.74, 6) is -0.853. The Hall–Kier alpha value is -0.950. The van der Waals surface area contributed by atoms with E-state index in [-0.39, 0.29) is 6.10 Å². The fourth-order valence-electron chi connectivity index (χ4n) is 3.96. The third-order valence-electron chi connectivity index (χ3n) is 6.00. The molecule has 6 heteroatoms. The summed E-state index contributed by atoms with van der Waals surface area (Å²) < 4.78 is 11.1. The van der Waals surface area contributed by atoms with Crippen molar-refractivity contribution in [2.75, 3.05) is 6.61 Å². The standard InChI is InChI=1S/C25H46O6/c1-21-22(26)20-23(27)25(31-21)30-19-17-15-13-11-9-7-5-3-2-4-6-8-10-12-14-16-18-24(28)29/h16,18,21-23,25-27H,2-15,17,19-20H2,1H3,(H,28,29). The van der Waals surface area contributed by atoms with Gasteiger partial charge in [0.2, 0.25) is 0 Å². The third kappa shape index (κ3) is 15.5. The lowest BCUT2D eigenvalue weighted by Gasteiger charge is -2.35. The normalized spacial score (nSPS) is 24.1. The monoisotopic (exact) mass is 442 g/mol. The smallest absolute Gasteiger partial charge is 0.327 e. The van der Waals surface area contributed by atoms with Crippen LogP contribution in [0.3, 0.4) is 0 Å². The fraction of sp³-hybridized carbons (Fsp3) is 0.880. The van der Waals surface area contributed by atoms with Gasteiger partial charge in [-0.3, -0.25) is 0 Å². The summed E-state index contributed by atoms with van der Waals surface area (Å²) in [6, 6.07) is 0. The highest BCUT2D eigenvalue weighted by Crippen LogP contribution is 2.21. The SMILES string of the molecule is CC1OC(OCCCCCCCCCCCCCCCCC=CC(=O)O)C(O)CC1O. The molecule has 0 aromatic rings. The van der Waals surface area contributed by atoms with E-state index in [0.29, 0.717) is 13.0 Å². The Labute approximate surface area is 189 Å². The van der Waals surface area contributed by atoms with E-state index >= 15 is 0 Å². The molecule has 0 aliphatic carbocycles. The maximum Gasteiger partial charge on any atom is 0.327 e. The lowest BCUT2D eigenvalue weighted by Crippen LogP contribution is -2.47. The van der Waals surface area contributed by atoms with Gasteiger partial charge in [0.15, 0.2) is 6.29 Å². The van der Waals surface area contributed by atoms with Gasteiger partial charge in [-0.25, -0.2) is 4.79 Å². The van der Waals surface area contributed by atoms with E-state index in [4.69, 9.17) is 14.6 Å². The number of carboxylic acid groups (broad SMARTS) is 1. The van der Waals surface area contributed by atoms with E-state index < -0.39 is 24.5 Å². The highest BCUT2D eigenvalue weighted by atomic mass is 16.7. The molecule has 0 aromatic heterocycles. The second-order valence-corrected chi connectivity index (χ2v) is 8.93. The second-order valence-electron chi connectivity index (χ2n) is 8.93. The topological polar surface area (TPSA) is 96.2 Å². The number of aliphatic carboxylic acids is 1. The Balaban J connectivity index is 1.76. The summed E-state index contributed by atoms with van der Waals surface area (Å²) in [6.45, 7) is 2.41. The number of allylic oxidation sites excluding steroid dienone is 1. The van der Waals surface area contributed by atoms with Crippen molar-refractivity contribution in [2.24, 2.45) is 0 Å². The van der Waals surface area contributed by atoms with Crippen LogP contribution in [0, 0.1) is 0 Å². The summed E-state index contributed by atoms with van der Waals surface area (Å²) >= 11 is 0. The minimum absolute atomic E-state index is 0.284. The van der Waals surface area contributed by atoms with Crippen molar-refractivity contribution in [1.82, 2.24) is 0 Å². The first kappa shape index (κ1) is 28.1. The molecule has 0 spiro atoms. The van der Waals surface area contributed by atoms with E-state index in [9.17, 15) is 15.0 Å². The van der Waals surface area contributed by atoms with Gasteiger partial charge in [-0.1, -0.05) is 83.1 Å². The number of hydrogen-bond donors (Lipinski definition) is 3. The fourth-order valence-corrected chi connectivity index (χ4v) is 3.96. The first-order valence-corrected chi connectivity index (χ1v) is 12.5. The second kappa shape index (κ2) is 18.6. The van der Waals surface area contributed by atoms with Crippen LogP contribution in [0.4, 0.5) is 0 Å². The van der Waals surface area contributed by atoms with Crippen LogP contribution in [0.2, 0.25) is 0 Å². The Kier molecular flexibility index (Phi) is 16.9. The van der Waals surface area contributed by atoms with Crippen molar-refractivity contribution in [1.29, 1.82) is 0 Å². The average molecular weight is 443 g/mol. The van der Waals surface area contributed by atoms with Crippen molar-refractivity contribution in [3.8, 4) is 0 Å². The third-order valence-corrected chi connectivity index (χ3v) is 6.00. The maximum absolute atomic E-state index is 10.3. The van der Waals surface area contributed by atoms with Crippen molar-refractivity contribution < 1.29 is 29.6 Å². The molecule has 182 valence electrons. The zero-order valence-corrected chi connectivity index (χ0v) is 19.6. The molecule has 1 aliphatic rings. The Morgan fingerprint density at radius 3 is 1.84 bits per heavy atom. The minimum Gasteiger partial charge on any atom is -0.478 e. The molecule has 1 aliphatic heterocycles. The highest BCUT2D eigenvalue weighted by Gasteiger charge is 2.34. The maximum atomic E-state index is 10.3. The zero-order chi connectivity index (χ0) is 22.7. The van der Waals surface area contributed by atoms with Crippen LogP contribution < -0.4 is 0 Å². The average Bonchev–Trinajstić information content (AvgIpc) is 2.73. The van der Waals surface area contributed by atoms with Crippen LogP contribution in [-0.4, -0.2) is 52.5 Å². The number of unbranched alkanes of at least 4 members (excludes halogenated alkanes) is 14. The van der Waals surface area contributed by atoms with Crippen molar-refractivity contribution in [3.05, 3.63) is 12.2 Å². The van der Waals surface area contributed by atoms with Crippen LogP contribution in [0.15, 0.2) is 12.2 Å². The van der Waals surface area contributed by atoms with Gasteiger partial charge in [0.25, 0.3) is 0 Å². The molecule has 4 atom stereocenters. The van der Waals surface area contributed by atoms with E-state index in [1.165, 1.54) is 76.7 Å². The molecule has 1 fully saturated rings. The van der Waals surface area contributed by atoms with Crippen molar-refractivity contribution in [3.63, 3.8) is 0 Å². The molecule has 0 radical (unpaired) electrons. The number of hydrogen-bond acceptors (Lipinski definition) is 5. The molecule has 4 unspecified atom stereocenters. The first-order chi connectivity index (χ1) is 15.0. The Bertz CT molecular complexity index is 467. The van der Waals surface area contributed by atoms with E-state index in [2.05, 4.69) is 0 Å². The van der Waals surface area contributed by atoms with Gasteiger partial charge < -0.3 is 24.8 Å². The number of rotatable bonds is 19. The molecular formula is C25H46O6. The van der Waals surface area contributed by atoms with E-state index in [1.54, 1.807) is 13.0 Å². The largest absolute Gasteiger partial charge is 0.478 e. The number of carboxylic acids is 1. The van der Waals surface area contributed by atoms with Gasteiger partial charge in [0, 0.05) is 19.1 Å². The number of aliphatic hydroxyl groups excluding tert-OH is 2. The van der Waals surface area contributed by atoms with Gasteiger partial charge in [-0.15, -0.1) is 0 Å². The summed E-state index contributed by atoms with van der Waals surface area (Å²) in [4.78, 5) is 10.3. The highest BCUT2D eigenvalue weighted by molar-refractivity contribution is 5.79. The minimum atomic E-state index is -0.853.